The average molecular weight is 558 g/mol. The Balaban J connectivity index is 1.62. The maximum absolute atomic E-state index is 12.9. The van der Waals surface area contributed by atoms with Crippen molar-refractivity contribution in [3.05, 3.63) is 29.7 Å². The molecule has 0 spiro atoms. The van der Waals surface area contributed by atoms with Crippen LogP contribution in [0, 0.1) is 11.8 Å². The smallest absolute Gasteiger partial charge is 0.365 e. The third kappa shape index (κ3) is 6.23. The molecule has 0 bridgehead atoms. The lowest BCUT2D eigenvalue weighted by molar-refractivity contribution is -0.173. The van der Waals surface area contributed by atoms with Gasteiger partial charge in [-0.2, -0.15) is 13.2 Å². The molecule has 3 aromatic heterocycles. The van der Waals surface area contributed by atoms with Crippen LogP contribution in [0.15, 0.2) is 18.3 Å². The van der Waals surface area contributed by atoms with Gasteiger partial charge < -0.3 is 15.2 Å². The minimum atomic E-state index is -4.98. The zero-order valence-electron chi connectivity index (χ0n) is 23.4. The topological polar surface area (TPSA) is 97.6 Å². The summed E-state index contributed by atoms with van der Waals surface area (Å²) in [6.45, 7) is 6.65. The van der Waals surface area contributed by atoms with Gasteiger partial charge in [0.25, 0.3) is 0 Å². The summed E-state index contributed by atoms with van der Waals surface area (Å²) in [5.74, 6) is 0.543. The first-order chi connectivity index (χ1) is 19.1. The number of fused-ring (bicyclic) bond motifs is 1. The van der Waals surface area contributed by atoms with Crippen molar-refractivity contribution in [2.24, 2.45) is 11.8 Å². The monoisotopic (exact) mass is 557 g/mol. The molecule has 8 nitrogen and oxygen atoms in total. The molecule has 11 heteroatoms. The van der Waals surface area contributed by atoms with Crippen LogP contribution in [0.4, 0.5) is 19.0 Å². The van der Waals surface area contributed by atoms with Crippen LogP contribution in [-0.4, -0.2) is 42.6 Å². The van der Waals surface area contributed by atoms with Gasteiger partial charge in [0.15, 0.2) is 23.1 Å². The van der Waals surface area contributed by atoms with Crippen molar-refractivity contribution in [3.63, 3.8) is 0 Å². The molecule has 40 heavy (non-hydrogen) atoms. The fourth-order valence-corrected chi connectivity index (χ4v) is 5.72. The van der Waals surface area contributed by atoms with Gasteiger partial charge in [0.2, 0.25) is 0 Å². The van der Waals surface area contributed by atoms with Gasteiger partial charge in [-0.3, -0.25) is 9.78 Å². The van der Waals surface area contributed by atoms with Crippen molar-refractivity contribution in [3.8, 4) is 11.5 Å². The number of carbonyl (C=O) groups is 1. The Morgan fingerprint density at radius 2 is 1.80 bits per heavy atom. The highest BCUT2D eigenvalue weighted by atomic mass is 19.4. The van der Waals surface area contributed by atoms with Crippen LogP contribution in [0.1, 0.15) is 89.4 Å². The normalized spacial score (nSPS) is 17.7. The van der Waals surface area contributed by atoms with Crippen molar-refractivity contribution in [2.45, 2.75) is 103 Å². The summed E-state index contributed by atoms with van der Waals surface area (Å²) >= 11 is 0. The molecule has 2 aliphatic rings. The van der Waals surface area contributed by atoms with Crippen molar-refractivity contribution in [1.29, 1.82) is 0 Å². The molecule has 2 saturated carbocycles. The number of nitrogens with one attached hydrogen (secondary N) is 2. The average Bonchev–Trinajstić information content (AvgIpc) is 3.24. The maximum Gasteiger partial charge on any atom is 0.471 e. The summed E-state index contributed by atoms with van der Waals surface area (Å²) in [5.41, 5.74) is 2.98. The summed E-state index contributed by atoms with van der Waals surface area (Å²) in [6.07, 6.45) is 6.12. The fourth-order valence-electron chi connectivity index (χ4n) is 5.72. The molecule has 0 radical (unpaired) electrons. The van der Waals surface area contributed by atoms with E-state index in [2.05, 4.69) is 45.6 Å². The number of alkyl halides is 3. The van der Waals surface area contributed by atoms with E-state index in [1.807, 2.05) is 17.4 Å². The van der Waals surface area contributed by atoms with E-state index in [1.54, 1.807) is 6.20 Å². The number of anilines is 1. The first-order valence-electron chi connectivity index (χ1n) is 14.4. The predicted octanol–water partition coefficient (Wildman–Crippen LogP) is 6.37. The quantitative estimate of drug-likeness (QED) is 0.317. The number of amides is 1. The second kappa shape index (κ2) is 11.7. The van der Waals surface area contributed by atoms with Crippen molar-refractivity contribution < 1.29 is 18.0 Å². The van der Waals surface area contributed by atoms with Crippen molar-refractivity contribution in [2.75, 3.05) is 5.32 Å². The summed E-state index contributed by atoms with van der Waals surface area (Å²) in [5, 5.41) is 5.45. The molecule has 0 saturated heterocycles. The summed E-state index contributed by atoms with van der Waals surface area (Å²) in [7, 11) is 0. The second-order valence-corrected chi connectivity index (χ2v) is 11.6. The van der Waals surface area contributed by atoms with Gasteiger partial charge in [0.1, 0.15) is 11.2 Å². The van der Waals surface area contributed by atoms with Crippen LogP contribution in [0.5, 0.6) is 0 Å². The third-order valence-corrected chi connectivity index (χ3v) is 8.38. The lowest BCUT2D eigenvalue weighted by Crippen LogP contribution is -2.36. The number of rotatable bonds is 9. The molecule has 2 aliphatic carbocycles. The zero-order chi connectivity index (χ0) is 28.4. The SMILES string of the molecule is CC(C)c1ccnc(-c2nc3nc(CNC(=O)C(F)(F)F)nc(N[C@H](C)C4CCC4)c3n2CC2CCCCC2)c1. The lowest BCUT2D eigenvalue weighted by atomic mass is 9.80. The summed E-state index contributed by atoms with van der Waals surface area (Å²) in [4.78, 5) is 30.3. The van der Waals surface area contributed by atoms with Crippen LogP contribution in [0.25, 0.3) is 22.7 Å². The number of hydrogen-bond acceptors (Lipinski definition) is 6. The van der Waals surface area contributed by atoms with E-state index < -0.39 is 18.6 Å². The Morgan fingerprint density at radius 1 is 1.05 bits per heavy atom. The number of pyridine rings is 1. The Hall–Kier alpha value is -3.24. The number of nitrogens with zero attached hydrogens (tertiary/aromatic N) is 5. The summed E-state index contributed by atoms with van der Waals surface area (Å²) < 4.78 is 40.7. The first-order valence-corrected chi connectivity index (χ1v) is 14.4. The number of hydrogen-bond donors (Lipinski definition) is 2. The largest absolute Gasteiger partial charge is 0.471 e. The van der Waals surface area contributed by atoms with E-state index >= 15 is 0 Å². The van der Waals surface area contributed by atoms with Gasteiger partial charge in [-0.15, -0.1) is 0 Å². The van der Waals surface area contributed by atoms with E-state index in [0.29, 0.717) is 35.0 Å². The molecular formula is C29H38F3N7O. The molecule has 0 unspecified atom stereocenters. The van der Waals surface area contributed by atoms with E-state index in [-0.39, 0.29) is 11.9 Å². The minimum Gasteiger partial charge on any atom is -0.365 e. The second-order valence-electron chi connectivity index (χ2n) is 11.6. The minimum absolute atomic E-state index is 0.0752. The molecule has 216 valence electrons. The standard InChI is InChI=1S/C29H38F3N7O/c1-17(2)21-12-13-33-22(14-21)27-38-26-24(39(27)16-19-8-5-4-6-9-19)25(35-18(3)20-10-7-11-20)36-23(37-26)15-34-28(40)29(30,31)32/h12-14,17-20H,4-11,15-16H2,1-3H3,(H,34,40)(H,35,36,37)/t18-/m1/s1. The van der Waals surface area contributed by atoms with Gasteiger partial charge in [0.05, 0.1) is 6.54 Å². The molecular weight excluding hydrogens is 519 g/mol. The predicted molar refractivity (Wildman–Crippen MR) is 148 cm³/mol. The van der Waals surface area contributed by atoms with Crippen LogP contribution < -0.4 is 10.6 Å². The van der Waals surface area contributed by atoms with Crippen molar-refractivity contribution in [1.82, 2.24) is 29.8 Å². The van der Waals surface area contributed by atoms with Crippen LogP contribution in [0.2, 0.25) is 0 Å². The Morgan fingerprint density at radius 3 is 2.45 bits per heavy atom. The Kier molecular flexibility index (Phi) is 8.28. The van der Waals surface area contributed by atoms with Gasteiger partial charge in [-0.05, 0) is 68.1 Å². The maximum atomic E-state index is 12.9. The number of carbonyl (C=O) groups excluding carboxylic acids is 1. The molecule has 0 aliphatic heterocycles. The van der Waals surface area contributed by atoms with Gasteiger partial charge in [-0.1, -0.05) is 39.5 Å². The zero-order valence-corrected chi connectivity index (χ0v) is 23.4. The molecule has 2 fully saturated rings. The highest BCUT2D eigenvalue weighted by molar-refractivity contribution is 5.87. The third-order valence-electron chi connectivity index (χ3n) is 8.38. The van der Waals surface area contributed by atoms with E-state index in [1.165, 1.54) is 25.7 Å². The number of aromatic nitrogens is 5. The van der Waals surface area contributed by atoms with E-state index in [4.69, 9.17) is 4.98 Å². The molecule has 1 amide bonds. The van der Waals surface area contributed by atoms with Crippen LogP contribution in [0.3, 0.4) is 0 Å². The molecule has 2 N–H and O–H groups in total. The van der Waals surface area contributed by atoms with Gasteiger partial charge in [-0.25, -0.2) is 15.0 Å². The van der Waals surface area contributed by atoms with Gasteiger partial charge in [0, 0.05) is 18.8 Å². The van der Waals surface area contributed by atoms with E-state index in [0.717, 1.165) is 49.0 Å². The van der Waals surface area contributed by atoms with Crippen molar-refractivity contribution >= 4 is 22.9 Å². The fraction of sp³-hybridized carbons (Fsp3) is 0.621. The molecule has 1 atom stereocenters. The highest BCUT2D eigenvalue weighted by Gasteiger charge is 2.38. The lowest BCUT2D eigenvalue weighted by Gasteiger charge is -2.32. The molecule has 3 aromatic rings. The molecule has 0 aromatic carbocycles. The number of imidazole rings is 1. The number of halogens is 3. The Bertz CT molecular complexity index is 1340. The highest BCUT2D eigenvalue weighted by Crippen LogP contribution is 2.35. The van der Waals surface area contributed by atoms with E-state index in [9.17, 15) is 18.0 Å². The molecule has 5 rings (SSSR count). The van der Waals surface area contributed by atoms with Crippen LogP contribution >= 0.6 is 0 Å². The molecule has 3 heterocycles. The van der Waals surface area contributed by atoms with Gasteiger partial charge >= 0.3 is 12.1 Å². The van der Waals surface area contributed by atoms with Crippen LogP contribution in [-0.2, 0) is 17.9 Å². The summed E-state index contributed by atoms with van der Waals surface area (Å²) in [6, 6.07) is 4.16. The Labute approximate surface area is 232 Å². The first kappa shape index (κ1) is 28.3.